The Labute approximate surface area is 113 Å². The molecule has 1 aliphatic rings. The fourth-order valence-electron chi connectivity index (χ4n) is 2.63. The van der Waals surface area contributed by atoms with Gasteiger partial charge in [-0.2, -0.15) is 0 Å². The lowest BCUT2D eigenvalue weighted by atomic mass is 9.85. The maximum atomic E-state index is 5.95. The fraction of sp³-hybridized carbons (Fsp3) is 1.00. The average Bonchev–Trinajstić information content (AvgIpc) is 2.42. The van der Waals surface area contributed by atoms with Crippen molar-refractivity contribution in [2.24, 2.45) is 5.92 Å². The van der Waals surface area contributed by atoms with Crippen LogP contribution in [0.3, 0.4) is 0 Å². The lowest BCUT2D eigenvalue weighted by molar-refractivity contribution is 0.0141. The van der Waals surface area contributed by atoms with Gasteiger partial charge in [-0.15, -0.1) is 0 Å². The SMILES string of the molecule is CCOCCCNCCOC1CCCC(CC)C1. The number of hydrogen-bond donors (Lipinski definition) is 1. The molecule has 18 heavy (non-hydrogen) atoms. The van der Waals surface area contributed by atoms with Gasteiger partial charge >= 0.3 is 0 Å². The summed E-state index contributed by atoms with van der Waals surface area (Å²) < 4.78 is 11.2. The molecule has 0 spiro atoms. The number of hydrogen-bond acceptors (Lipinski definition) is 3. The van der Waals surface area contributed by atoms with Crippen LogP contribution in [0.2, 0.25) is 0 Å². The molecular formula is C15H31NO2. The maximum absolute atomic E-state index is 5.95. The molecule has 0 aliphatic heterocycles. The summed E-state index contributed by atoms with van der Waals surface area (Å²) in [4.78, 5) is 0. The number of rotatable bonds is 10. The zero-order chi connectivity index (χ0) is 13.1. The first-order valence-corrected chi connectivity index (χ1v) is 7.76. The van der Waals surface area contributed by atoms with Gasteiger partial charge in [0.05, 0.1) is 12.7 Å². The molecule has 3 heteroatoms. The van der Waals surface area contributed by atoms with Crippen molar-refractivity contribution in [3.63, 3.8) is 0 Å². The van der Waals surface area contributed by atoms with E-state index in [0.29, 0.717) is 6.10 Å². The van der Waals surface area contributed by atoms with Crippen LogP contribution < -0.4 is 5.32 Å². The van der Waals surface area contributed by atoms with Crippen molar-refractivity contribution in [3.8, 4) is 0 Å². The van der Waals surface area contributed by atoms with Gasteiger partial charge in [-0.1, -0.05) is 26.2 Å². The van der Waals surface area contributed by atoms with E-state index in [1.807, 2.05) is 6.92 Å². The van der Waals surface area contributed by atoms with E-state index < -0.39 is 0 Å². The Balaban J connectivity index is 1.88. The smallest absolute Gasteiger partial charge is 0.0594 e. The Morgan fingerprint density at radius 1 is 1.11 bits per heavy atom. The van der Waals surface area contributed by atoms with Crippen LogP contribution in [0.25, 0.3) is 0 Å². The Morgan fingerprint density at radius 3 is 2.78 bits per heavy atom. The van der Waals surface area contributed by atoms with E-state index in [4.69, 9.17) is 9.47 Å². The molecular weight excluding hydrogens is 226 g/mol. The van der Waals surface area contributed by atoms with Crippen molar-refractivity contribution >= 4 is 0 Å². The predicted octanol–water partition coefficient (Wildman–Crippen LogP) is 2.99. The van der Waals surface area contributed by atoms with Crippen LogP contribution in [0.5, 0.6) is 0 Å². The highest BCUT2D eigenvalue weighted by molar-refractivity contribution is 4.72. The highest BCUT2D eigenvalue weighted by Gasteiger charge is 2.20. The summed E-state index contributed by atoms with van der Waals surface area (Å²) in [6.45, 7) is 8.89. The van der Waals surface area contributed by atoms with Crippen molar-refractivity contribution in [2.45, 2.75) is 58.5 Å². The highest BCUT2D eigenvalue weighted by Crippen LogP contribution is 2.28. The van der Waals surface area contributed by atoms with Crippen LogP contribution in [0.4, 0.5) is 0 Å². The lowest BCUT2D eigenvalue weighted by Crippen LogP contribution is -2.27. The first-order valence-electron chi connectivity index (χ1n) is 7.76. The molecule has 2 atom stereocenters. The Bertz CT molecular complexity index is 187. The average molecular weight is 257 g/mol. The van der Waals surface area contributed by atoms with Gasteiger partial charge in [0.15, 0.2) is 0 Å². The van der Waals surface area contributed by atoms with Gasteiger partial charge < -0.3 is 14.8 Å². The monoisotopic (exact) mass is 257 g/mol. The summed E-state index contributed by atoms with van der Waals surface area (Å²) in [5, 5.41) is 3.40. The molecule has 0 aromatic carbocycles. The van der Waals surface area contributed by atoms with Gasteiger partial charge in [-0.05, 0) is 38.6 Å². The predicted molar refractivity (Wildman–Crippen MR) is 76.0 cm³/mol. The summed E-state index contributed by atoms with van der Waals surface area (Å²) in [5.41, 5.74) is 0. The minimum atomic E-state index is 0.522. The van der Waals surface area contributed by atoms with Gasteiger partial charge in [0, 0.05) is 19.8 Å². The molecule has 2 unspecified atom stereocenters. The normalized spacial score (nSPS) is 24.3. The molecule has 0 aromatic rings. The number of ether oxygens (including phenoxy) is 2. The Hall–Kier alpha value is -0.120. The van der Waals surface area contributed by atoms with Crippen LogP contribution in [-0.2, 0) is 9.47 Å². The molecule has 0 bridgehead atoms. The maximum Gasteiger partial charge on any atom is 0.0594 e. The molecule has 1 rings (SSSR count). The summed E-state index contributed by atoms with van der Waals surface area (Å²) in [6.07, 6.45) is 8.23. The molecule has 1 fully saturated rings. The molecule has 1 aliphatic carbocycles. The third kappa shape index (κ3) is 7.34. The van der Waals surface area contributed by atoms with E-state index in [9.17, 15) is 0 Å². The van der Waals surface area contributed by atoms with Gasteiger partial charge in [-0.25, -0.2) is 0 Å². The Morgan fingerprint density at radius 2 is 2.00 bits per heavy atom. The Kier molecular flexibility index (Phi) is 9.54. The molecule has 0 radical (unpaired) electrons. The molecule has 0 amide bonds. The van der Waals surface area contributed by atoms with Crippen molar-refractivity contribution in [1.29, 1.82) is 0 Å². The second-order valence-electron chi connectivity index (χ2n) is 5.23. The van der Waals surface area contributed by atoms with E-state index in [0.717, 1.165) is 45.2 Å². The van der Waals surface area contributed by atoms with Gasteiger partial charge in [0.2, 0.25) is 0 Å². The van der Waals surface area contributed by atoms with Crippen LogP contribution in [0.1, 0.15) is 52.4 Å². The molecule has 0 saturated heterocycles. The zero-order valence-corrected chi connectivity index (χ0v) is 12.2. The van der Waals surface area contributed by atoms with Crippen molar-refractivity contribution in [1.82, 2.24) is 5.32 Å². The molecule has 1 saturated carbocycles. The van der Waals surface area contributed by atoms with Crippen LogP contribution in [0.15, 0.2) is 0 Å². The first-order chi connectivity index (χ1) is 8.86. The summed E-state index contributed by atoms with van der Waals surface area (Å²) in [7, 11) is 0. The van der Waals surface area contributed by atoms with Crippen LogP contribution >= 0.6 is 0 Å². The summed E-state index contributed by atoms with van der Waals surface area (Å²) in [5.74, 6) is 0.905. The lowest BCUT2D eigenvalue weighted by Gasteiger charge is -2.28. The minimum absolute atomic E-state index is 0.522. The van der Waals surface area contributed by atoms with E-state index in [2.05, 4.69) is 12.2 Å². The fourth-order valence-corrected chi connectivity index (χ4v) is 2.63. The van der Waals surface area contributed by atoms with Crippen LogP contribution in [0, 0.1) is 5.92 Å². The largest absolute Gasteiger partial charge is 0.382 e. The van der Waals surface area contributed by atoms with E-state index >= 15 is 0 Å². The second-order valence-corrected chi connectivity index (χ2v) is 5.23. The molecule has 108 valence electrons. The van der Waals surface area contributed by atoms with Gasteiger partial charge in [0.25, 0.3) is 0 Å². The minimum Gasteiger partial charge on any atom is -0.382 e. The standard InChI is InChI=1S/C15H31NO2/c1-3-14-7-5-8-15(13-14)18-12-10-16-9-6-11-17-4-2/h14-16H,3-13H2,1-2H3. The van der Waals surface area contributed by atoms with E-state index in [1.54, 1.807) is 0 Å². The topological polar surface area (TPSA) is 30.5 Å². The summed E-state index contributed by atoms with van der Waals surface area (Å²) in [6, 6.07) is 0. The quantitative estimate of drug-likeness (QED) is 0.610. The van der Waals surface area contributed by atoms with Crippen molar-refractivity contribution in [3.05, 3.63) is 0 Å². The molecule has 0 aromatic heterocycles. The number of nitrogens with one attached hydrogen (secondary N) is 1. The summed E-state index contributed by atoms with van der Waals surface area (Å²) >= 11 is 0. The van der Waals surface area contributed by atoms with Gasteiger partial charge in [-0.3, -0.25) is 0 Å². The van der Waals surface area contributed by atoms with Crippen molar-refractivity contribution in [2.75, 3.05) is 32.9 Å². The molecule has 1 N–H and O–H groups in total. The molecule has 0 heterocycles. The third-order valence-corrected chi connectivity index (χ3v) is 3.79. The van der Waals surface area contributed by atoms with Gasteiger partial charge in [0.1, 0.15) is 0 Å². The zero-order valence-electron chi connectivity index (χ0n) is 12.2. The first kappa shape index (κ1) is 15.9. The molecule has 3 nitrogen and oxygen atoms in total. The second kappa shape index (κ2) is 10.8. The van der Waals surface area contributed by atoms with Crippen LogP contribution in [-0.4, -0.2) is 39.0 Å². The van der Waals surface area contributed by atoms with E-state index in [1.165, 1.54) is 32.1 Å². The third-order valence-electron chi connectivity index (χ3n) is 3.79. The highest BCUT2D eigenvalue weighted by atomic mass is 16.5. The van der Waals surface area contributed by atoms with E-state index in [-0.39, 0.29) is 0 Å². The van der Waals surface area contributed by atoms with Crippen molar-refractivity contribution < 1.29 is 9.47 Å².